The minimum absolute atomic E-state index is 0.0307. The van der Waals surface area contributed by atoms with Crippen molar-refractivity contribution in [3.8, 4) is 5.75 Å². The highest BCUT2D eigenvalue weighted by Crippen LogP contribution is 2.31. The third-order valence-corrected chi connectivity index (χ3v) is 3.78. The lowest BCUT2D eigenvalue weighted by Crippen LogP contribution is -2.07. The second-order valence-corrected chi connectivity index (χ2v) is 5.41. The topological polar surface area (TPSA) is 75.2 Å². The van der Waals surface area contributed by atoms with E-state index in [1.807, 2.05) is 0 Å². The first-order chi connectivity index (χ1) is 11.8. The van der Waals surface area contributed by atoms with Gasteiger partial charge in [0.1, 0.15) is 11.3 Å². The molecule has 8 heteroatoms. The summed E-state index contributed by atoms with van der Waals surface area (Å²) in [6, 6.07) is 9.88. The number of nitrogens with zero attached hydrogens (tertiary/aromatic N) is 1. The number of carboxylic acid groups (broad SMARTS) is 1. The summed E-state index contributed by atoms with van der Waals surface area (Å²) in [5, 5.41) is 9.48. The zero-order valence-corrected chi connectivity index (χ0v) is 13.0. The number of benzene rings is 2. The van der Waals surface area contributed by atoms with E-state index < -0.39 is 18.0 Å². The highest BCUT2D eigenvalue weighted by Gasteiger charge is 2.35. The molecule has 0 amide bonds. The summed E-state index contributed by atoms with van der Waals surface area (Å²) in [4.78, 5) is 17.2. The van der Waals surface area contributed by atoms with Gasteiger partial charge in [-0.05, 0) is 35.7 Å². The van der Waals surface area contributed by atoms with E-state index in [0.717, 1.165) is 5.56 Å². The summed E-state index contributed by atoms with van der Waals surface area (Å²) in [6.07, 6.45) is -4.43. The quantitative estimate of drug-likeness (QED) is 0.749. The molecule has 25 heavy (non-hydrogen) atoms. The molecule has 0 spiro atoms. The first kappa shape index (κ1) is 16.8. The second kappa shape index (κ2) is 6.12. The normalized spacial score (nSPS) is 11.7. The average molecular weight is 350 g/mol. The molecule has 0 aliphatic heterocycles. The monoisotopic (exact) mass is 350 g/mol. The number of H-pyrrole nitrogens is 1. The largest absolute Gasteiger partial charge is 0.497 e. The number of ether oxygens (including phenoxy) is 1. The van der Waals surface area contributed by atoms with Crippen molar-refractivity contribution >= 4 is 17.0 Å². The molecule has 0 saturated carbocycles. The van der Waals surface area contributed by atoms with Crippen LogP contribution in [-0.4, -0.2) is 28.2 Å². The van der Waals surface area contributed by atoms with Gasteiger partial charge < -0.3 is 14.8 Å². The Morgan fingerprint density at radius 3 is 2.44 bits per heavy atom. The molecule has 0 bridgehead atoms. The molecule has 130 valence electrons. The van der Waals surface area contributed by atoms with Crippen molar-refractivity contribution in [1.82, 2.24) is 9.97 Å². The third-order valence-electron chi connectivity index (χ3n) is 3.78. The second-order valence-electron chi connectivity index (χ2n) is 5.41. The van der Waals surface area contributed by atoms with Gasteiger partial charge in [0.05, 0.1) is 18.2 Å². The van der Waals surface area contributed by atoms with Gasteiger partial charge in [-0.3, -0.25) is 0 Å². The predicted octanol–water partition coefficient (Wildman–Crippen LogP) is 3.88. The van der Waals surface area contributed by atoms with Gasteiger partial charge in [0.15, 0.2) is 0 Å². The maximum atomic E-state index is 12.8. The summed E-state index contributed by atoms with van der Waals surface area (Å²) in [5.74, 6) is -1.89. The van der Waals surface area contributed by atoms with Crippen LogP contribution in [-0.2, 0) is 12.6 Å². The van der Waals surface area contributed by atoms with Gasteiger partial charge in [0.25, 0.3) is 0 Å². The van der Waals surface area contributed by atoms with Crippen LogP contribution in [0.2, 0.25) is 0 Å². The zero-order valence-electron chi connectivity index (χ0n) is 13.0. The van der Waals surface area contributed by atoms with Crippen molar-refractivity contribution in [3.63, 3.8) is 0 Å². The number of aromatic nitrogens is 2. The third kappa shape index (κ3) is 3.28. The highest BCUT2D eigenvalue weighted by molar-refractivity contribution is 6.02. The molecule has 2 aromatic carbocycles. The Hall–Kier alpha value is -3.03. The average Bonchev–Trinajstić information content (AvgIpc) is 2.99. The Kier molecular flexibility index (Phi) is 4.12. The van der Waals surface area contributed by atoms with E-state index in [4.69, 9.17) is 4.74 Å². The number of imidazole rings is 1. The summed E-state index contributed by atoms with van der Waals surface area (Å²) in [5.41, 5.74) is 0.772. The van der Waals surface area contributed by atoms with Crippen LogP contribution in [0.1, 0.15) is 27.3 Å². The molecule has 0 saturated heterocycles. The lowest BCUT2D eigenvalue weighted by atomic mass is 9.98. The molecule has 0 atom stereocenters. The number of nitrogens with one attached hydrogen (secondary N) is 1. The van der Waals surface area contributed by atoms with Gasteiger partial charge >= 0.3 is 12.1 Å². The standard InChI is InChI=1S/C17H13F3N2O3/c1-25-11-5-2-9(3-6-11)8-10-4-7-12-14(13(10)15(23)24)22-16(21-12)17(18,19)20/h2-7H,8H2,1H3,(H,21,22)(H,23,24). The highest BCUT2D eigenvalue weighted by atomic mass is 19.4. The first-order valence-corrected chi connectivity index (χ1v) is 7.24. The maximum Gasteiger partial charge on any atom is 0.449 e. The van der Waals surface area contributed by atoms with E-state index in [-0.39, 0.29) is 23.0 Å². The maximum absolute atomic E-state index is 12.8. The van der Waals surface area contributed by atoms with Gasteiger partial charge in [-0.15, -0.1) is 0 Å². The number of fused-ring (bicyclic) bond motifs is 1. The Balaban J connectivity index is 2.07. The number of aromatic carboxylic acids is 1. The summed E-state index contributed by atoms with van der Waals surface area (Å²) in [6.45, 7) is 0. The predicted molar refractivity (Wildman–Crippen MR) is 83.9 cm³/mol. The molecule has 0 aliphatic rings. The summed E-state index contributed by atoms with van der Waals surface area (Å²) < 4.78 is 43.5. The molecular formula is C17H13F3N2O3. The molecule has 5 nitrogen and oxygen atoms in total. The molecule has 2 N–H and O–H groups in total. The molecule has 1 heterocycles. The minimum atomic E-state index is -4.68. The molecule has 0 radical (unpaired) electrons. The number of methoxy groups -OCH3 is 1. The number of halogens is 3. The van der Waals surface area contributed by atoms with Crippen molar-refractivity contribution in [1.29, 1.82) is 0 Å². The van der Waals surface area contributed by atoms with Crippen molar-refractivity contribution in [2.24, 2.45) is 0 Å². The molecule has 1 aromatic heterocycles. The number of hydrogen-bond donors (Lipinski definition) is 2. The van der Waals surface area contributed by atoms with Crippen LogP contribution in [0.15, 0.2) is 36.4 Å². The number of hydrogen-bond acceptors (Lipinski definition) is 3. The molecule has 0 aliphatic carbocycles. The minimum Gasteiger partial charge on any atom is -0.497 e. The Morgan fingerprint density at radius 1 is 1.20 bits per heavy atom. The van der Waals surface area contributed by atoms with E-state index in [9.17, 15) is 23.1 Å². The molecule has 3 rings (SSSR count). The Labute approximate surface area is 140 Å². The smallest absolute Gasteiger partial charge is 0.449 e. The number of aromatic amines is 1. The van der Waals surface area contributed by atoms with E-state index in [1.54, 1.807) is 24.3 Å². The van der Waals surface area contributed by atoms with Crippen LogP contribution in [0.4, 0.5) is 13.2 Å². The molecule has 3 aromatic rings. The Bertz CT molecular complexity index is 931. The molecule has 0 unspecified atom stereocenters. The van der Waals surface area contributed by atoms with Gasteiger partial charge in [0.2, 0.25) is 5.82 Å². The summed E-state index contributed by atoms with van der Waals surface area (Å²) >= 11 is 0. The lowest BCUT2D eigenvalue weighted by Gasteiger charge is -2.08. The van der Waals surface area contributed by atoms with Crippen LogP contribution in [0, 0.1) is 0 Å². The van der Waals surface area contributed by atoms with Gasteiger partial charge in [-0.1, -0.05) is 18.2 Å². The summed E-state index contributed by atoms with van der Waals surface area (Å²) in [7, 11) is 1.53. The van der Waals surface area contributed by atoms with Crippen LogP contribution >= 0.6 is 0 Å². The van der Waals surface area contributed by atoms with Gasteiger partial charge in [0, 0.05) is 0 Å². The van der Waals surface area contributed by atoms with Crippen molar-refractivity contribution in [3.05, 3.63) is 58.9 Å². The number of carboxylic acids is 1. The van der Waals surface area contributed by atoms with E-state index in [1.165, 1.54) is 19.2 Å². The van der Waals surface area contributed by atoms with Crippen LogP contribution in [0.5, 0.6) is 5.75 Å². The van der Waals surface area contributed by atoms with Crippen molar-refractivity contribution in [2.75, 3.05) is 7.11 Å². The molecular weight excluding hydrogens is 337 g/mol. The Morgan fingerprint density at radius 2 is 1.88 bits per heavy atom. The fraction of sp³-hybridized carbons (Fsp3) is 0.176. The van der Waals surface area contributed by atoms with Crippen LogP contribution in [0.25, 0.3) is 11.0 Å². The SMILES string of the molecule is COc1ccc(Cc2ccc3[nH]c(C(F)(F)F)nc3c2C(=O)O)cc1. The van der Waals surface area contributed by atoms with Crippen molar-refractivity contribution < 1.29 is 27.8 Å². The number of carbonyl (C=O) groups is 1. The van der Waals surface area contributed by atoms with Gasteiger partial charge in [-0.2, -0.15) is 13.2 Å². The molecule has 0 fully saturated rings. The zero-order chi connectivity index (χ0) is 18.2. The lowest BCUT2D eigenvalue weighted by molar-refractivity contribution is -0.144. The first-order valence-electron chi connectivity index (χ1n) is 7.24. The van der Waals surface area contributed by atoms with Crippen LogP contribution < -0.4 is 4.74 Å². The number of alkyl halides is 3. The van der Waals surface area contributed by atoms with E-state index >= 15 is 0 Å². The van der Waals surface area contributed by atoms with Crippen LogP contribution in [0.3, 0.4) is 0 Å². The van der Waals surface area contributed by atoms with E-state index in [0.29, 0.717) is 11.3 Å². The fourth-order valence-corrected chi connectivity index (χ4v) is 2.60. The van der Waals surface area contributed by atoms with Gasteiger partial charge in [-0.25, -0.2) is 9.78 Å². The number of rotatable bonds is 4. The fourth-order valence-electron chi connectivity index (χ4n) is 2.60. The van der Waals surface area contributed by atoms with Crippen molar-refractivity contribution in [2.45, 2.75) is 12.6 Å². The van der Waals surface area contributed by atoms with E-state index in [2.05, 4.69) is 9.97 Å².